The van der Waals surface area contributed by atoms with Crippen molar-refractivity contribution in [2.45, 2.75) is 25.9 Å². The van der Waals surface area contributed by atoms with Crippen LogP contribution in [0.5, 0.6) is 0 Å². The van der Waals surface area contributed by atoms with Crippen LogP contribution in [-0.4, -0.2) is 31.6 Å². The van der Waals surface area contributed by atoms with Gasteiger partial charge in [0.05, 0.1) is 6.20 Å². The van der Waals surface area contributed by atoms with Crippen LogP contribution < -0.4 is 5.32 Å². The standard InChI is InChI=1S/C11H18N6/c1-4-6-17-7-5-13-11(17)10(12-2)9-8-16(3)15-14-9/h5,7-8,10,12H,4,6H2,1-3H3. The van der Waals surface area contributed by atoms with Gasteiger partial charge in [-0.05, 0) is 13.5 Å². The molecule has 0 radical (unpaired) electrons. The number of rotatable bonds is 5. The predicted octanol–water partition coefficient (Wildman–Crippen LogP) is 0.730. The molecule has 0 saturated carbocycles. The minimum Gasteiger partial charge on any atom is -0.333 e. The fourth-order valence-corrected chi connectivity index (χ4v) is 1.92. The van der Waals surface area contributed by atoms with E-state index in [0.717, 1.165) is 24.5 Å². The molecule has 6 nitrogen and oxygen atoms in total. The van der Waals surface area contributed by atoms with Crippen LogP contribution in [0.2, 0.25) is 0 Å². The Kier molecular flexibility index (Phi) is 3.53. The molecule has 0 saturated heterocycles. The fourth-order valence-electron chi connectivity index (χ4n) is 1.92. The van der Waals surface area contributed by atoms with Crippen LogP contribution in [0.25, 0.3) is 0 Å². The molecule has 6 heteroatoms. The average molecular weight is 234 g/mol. The Morgan fingerprint density at radius 1 is 1.47 bits per heavy atom. The first-order chi connectivity index (χ1) is 8.26. The van der Waals surface area contributed by atoms with E-state index in [2.05, 4.69) is 32.1 Å². The van der Waals surface area contributed by atoms with E-state index >= 15 is 0 Å². The summed E-state index contributed by atoms with van der Waals surface area (Å²) in [4.78, 5) is 4.42. The molecule has 17 heavy (non-hydrogen) atoms. The maximum Gasteiger partial charge on any atom is 0.132 e. The van der Waals surface area contributed by atoms with Crippen molar-refractivity contribution in [1.82, 2.24) is 29.9 Å². The van der Waals surface area contributed by atoms with E-state index < -0.39 is 0 Å². The fraction of sp³-hybridized carbons (Fsp3) is 0.545. The largest absolute Gasteiger partial charge is 0.333 e. The first-order valence-electron chi connectivity index (χ1n) is 5.80. The lowest BCUT2D eigenvalue weighted by atomic mass is 10.2. The maximum atomic E-state index is 4.42. The topological polar surface area (TPSA) is 60.6 Å². The molecular formula is C11H18N6. The van der Waals surface area contributed by atoms with Crippen LogP contribution in [0.1, 0.15) is 30.9 Å². The van der Waals surface area contributed by atoms with Gasteiger partial charge in [0, 0.05) is 26.0 Å². The summed E-state index contributed by atoms with van der Waals surface area (Å²) in [5.74, 6) is 0.981. The van der Waals surface area contributed by atoms with Gasteiger partial charge < -0.3 is 9.88 Å². The summed E-state index contributed by atoms with van der Waals surface area (Å²) >= 11 is 0. The molecular weight excluding hydrogens is 216 g/mol. The van der Waals surface area contributed by atoms with Gasteiger partial charge in [-0.25, -0.2) is 4.98 Å². The lowest BCUT2D eigenvalue weighted by molar-refractivity contribution is 0.558. The molecule has 0 aliphatic carbocycles. The molecule has 2 aromatic heterocycles. The van der Waals surface area contributed by atoms with Gasteiger partial charge in [0.15, 0.2) is 0 Å². The monoisotopic (exact) mass is 234 g/mol. The van der Waals surface area contributed by atoms with Gasteiger partial charge in [-0.15, -0.1) is 5.10 Å². The second-order valence-corrected chi connectivity index (χ2v) is 4.02. The van der Waals surface area contributed by atoms with E-state index in [-0.39, 0.29) is 6.04 Å². The molecule has 1 atom stereocenters. The lowest BCUT2D eigenvalue weighted by Crippen LogP contribution is -2.22. The highest BCUT2D eigenvalue weighted by Gasteiger charge is 2.19. The van der Waals surface area contributed by atoms with Crippen LogP contribution in [0, 0.1) is 0 Å². The highest BCUT2D eigenvalue weighted by atomic mass is 15.4. The number of hydrogen-bond acceptors (Lipinski definition) is 4. The van der Waals surface area contributed by atoms with Crippen molar-refractivity contribution >= 4 is 0 Å². The van der Waals surface area contributed by atoms with Crippen molar-refractivity contribution in [1.29, 1.82) is 0 Å². The Morgan fingerprint density at radius 3 is 2.88 bits per heavy atom. The minimum absolute atomic E-state index is 0.00903. The SMILES string of the molecule is CCCn1ccnc1C(NC)c1cn(C)nn1. The van der Waals surface area contributed by atoms with Crippen LogP contribution in [0.3, 0.4) is 0 Å². The Hall–Kier alpha value is -1.69. The summed E-state index contributed by atoms with van der Waals surface area (Å²) in [6, 6.07) is -0.00903. The smallest absolute Gasteiger partial charge is 0.132 e. The molecule has 2 aromatic rings. The predicted molar refractivity (Wildman–Crippen MR) is 64.4 cm³/mol. The Morgan fingerprint density at radius 2 is 2.29 bits per heavy atom. The third kappa shape index (κ3) is 2.36. The first kappa shape index (κ1) is 11.8. The highest BCUT2D eigenvalue weighted by molar-refractivity contribution is 5.14. The van der Waals surface area contributed by atoms with Crippen LogP contribution in [-0.2, 0) is 13.6 Å². The average Bonchev–Trinajstić information content (AvgIpc) is 2.91. The second kappa shape index (κ2) is 5.09. The maximum absolute atomic E-state index is 4.42. The van der Waals surface area contributed by atoms with Gasteiger partial charge in [0.2, 0.25) is 0 Å². The number of aryl methyl sites for hydroxylation is 2. The van der Waals surface area contributed by atoms with Crippen molar-refractivity contribution in [3.8, 4) is 0 Å². The van der Waals surface area contributed by atoms with E-state index in [1.807, 2.05) is 32.7 Å². The third-order valence-electron chi connectivity index (χ3n) is 2.68. The normalized spacial score (nSPS) is 12.9. The van der Waals surface area contributed by atoms with Gasteiger partial charge >= 0.3 is 0 Å². The molecule has 0 aliphatic heterocycles. The van der Waals surface area contributed by atoms with Crippen LogP contribution in [0.15, 0.2) is 18.6 Å². The van der Waals surface area contributed by atoms with Crippen molar-refractivity contribution in [2.24, 2.45) is 7.05 Å². The van der Waals surface area contributed by atoms with Crippen molar-refractivity contribution < 1.29 is 0 Å². The van der Waals surface area contributed by atoms with Crippen molar-refractivity contribution in [3.05, 3.63) is 30.1 Å². The minimum atomic E-state index is -0.00903. The van der Waals surface area contributed by atoms with Crippen LogP contribution in [0.4, 0.5) is 0 Å². The zero-order valence-electron chi connectivity index (χ0n) is 10.5. The van der Waals surface area contributed by atoms with E-state index in [1.165, 1.54) is 0 Å². The van der Waals surface area contributed by atoms with Gasteiger partial charge in [0.25, 0.3) is 0 Å². The van der Waals surface area contributed by atoms with Crippen molar-refractivity contribution in [2.75, 3.05) is 7.05 Å². The number of nitrogens with one attached hydrogen (secondary N) is 1. The summed E-state index contributed by atoms with van der Waals surface area (Å²) in [7, 11) is 3.77. The molecule has 0 aromatic carbocycles. The quantitative estimate of drug-likeness (QED) is 0.828. The van der Waals surface area contributed by atoms with E-state index in [1.54, 1.807) is 4.68 Å². The third-order valence-corrected chi connectivity index (χ3v) is 2.68. The zero-order chi connectivity index (χ0) is 12.3. The molecule has 1 unspecified atom stereocenters. The number of hydrogen-bond donors (Lipinski definition) is 1. The summed E-state index contributed by atoms with van der Waals surface area (Å²) in [6.45, 7) is 3.12. The zero-order valence-corrected chi connectivity index (χ0v) is 10.5. The highest BCUT2D eigenvalue weighted by Crippen LogP contribution is 2.18. The van der Waals surface area contributed by atoms with Crippen molar-refractivity contribution in [3.63, 3.8) is 0 Å². The Bertz CT molecular complexity index is 472. The Labute approximate surface area is 101 Å². The molecule has 0 fully saturated rings. The van der Waals surface area contributed by atoms with Gasteiger partial charge in [-0.3, -0.25) is 4.68 Å². The summed E-state index contributed by atoms with van der Waals surface area (Å²) in [6.07, 6.45) is 6.82. The van der Waals surface area contributed by atoms with Gasteiger partial charge in [0.1, 0.15) is 17.6 Å². The molecule has 0 bridgehead atoms. The molecule has 92 valence electrons. The second-order valence-electron chi connectivity index (χ2n) is 4.02. The summed E-state index contributed by atoms with van der Waals surface area (Å²) in [5, 5.41) is 11.3. The van der Waals surface area contributed by atoms with E-state index in [4.69, 9.17) is 0 Å². The molecule has 0 amide bonds. The molecule has 2 heterocycles. The number of nitrogens with zero attached hydrogens (tertiary/aromatic N) is 5. The first-order valence-corrected chi connectivity index (χ1v) is 5.80. The summed E-state index contributed by atoms with van der Waals surface area (Å²) in [5.41, 5.74) is 0.888. The molecule has 0 spiro atoms. The van der Waals surface area contributed by atoms with Gasteiger partial charge in [-0.2, -0.15) is 0 Å². The summed E-state index contributed by atoms with van der Waals surface area (Å²) < 4.78 is 3.85. The molecule has 1 N–H and O–H groups in total. The van der Waals surface area contributed by atoms with E-state index in [9.17, 15) is 0 Å². The Balaban J connectivity index is 2.31. The lowest BCUT2D eigenvalue weighted by Gasteiger charge is -2.14. The van der Waals surface area contributed by atoms with E-state index in [0.29, 0.717) is 0 Å². The van der Waals surface area contributed by atoms with Gasteiger partial charge in [-0.1, -0.05) is 12.1 Å². The number of imidazole rings is 1. The molecule has 0 aliphatic rings. The molecule has 2 rings (SSSR count). The van der Waals surface area contributed by atoms with Crippen LogP contribution >= 0.6 is 0 Å². The number of aromatic nitrogens is 5.